The SMILES string of the molecule is C=CCOc1ccc(C2c3c(-c4cc(Cl)c(C)cc4O)n[nH]c3C(=O)N2CCO)cc1OCC. The first-order chi connectivity index (χ1) is 16.4. The molecule has 0 saturated carbocycles. The Morgan fingerprint density at radius 2 is 2.06 bits per heavy atom. The van der Waals surface area contributed by atoms with Crippen LogP contribution in [0, 0.1) is 6.92 Å². The van der Waals surface area contributed by atoms with Gasteiger partial charge in [0.1, 0.15) is 23.7 Å². The normalized spacial score (nSPS) is 14.9. The number of fused-ring (bicyclic) bond motifs is 1. The third kappa shape index (κ3) is 4.10. The number of benzene rings is 2. The smallest absolute Gasteiger partial charge is 0.273 e. The topological polar surface area (TPSA) is 108 Å². The zero-order chi connectivity index (χ0) is 24.4. The van der Waals surface area contributed by atoms with Crippen LogP contribution in [0.25, 0.3) is 11.3 Å². The molecule has 1 unspecified atom stereocenters. The summed E-state index contributed by atoms with van der Waals surface area (Å²) in [6.07, 6.45) is 1.64. The molecule has 1 amide bonds. The molecule has 0 aliphatic carbocycles. The molecule has 1 aromatic heterocycles. The summed E-state index contributed by atoms with van der Waals surface area (Å²) in [7, 11) is 0. The number of aromatic amines is 1. The third-order valence-corrected chi connectivity index (χ3v) is 6.08. The Morgan fingerprint density at radius 1 is 1.26 bits per heavy atom. The predicted molar refractivity (Wildman–Crippen MR) is 129 cm³/mol. The molecule has 9 heteroatoms. The molecule has 0 fully saturated rings. The molecule has 1 aliphatic heterocycles. The molecule has 2 heterocycles. The Hall–Kier alpha value is -3.49. The number of aromatic nitrogens is 2. The molecule has 3 N–H and O–H groups in total. The predicted octanol–water partition coefficient (Wildman–Crippen LogP) is 4.25. The number of aromatic hydroxyl groups is 1. The van der Waals surface area contributed by atoms with Gasteiger partial charge in [-0.25, -0.2) is 0 Å². The summed E-state index contributed by atoms with van der Waals surface area (Å²) in [4.78, 5) is 14.8. The van der Waals surface area contributed by atoms with Crippen molar-refractivity contribution < 1.29 is 24.5 Å². The van der Waals surface area contributed by atoms with E-state index in [1.165, 1.54) is 0 Å². The Bertz CT molecular complexity index is 1240. The summed E-state index contributed by atoms with van der Waals surface area (Å²) in [5.74, 6) is 0.790. The molecule has 1 aliphatic rings. The minimum Gasteiger partial charge on any atom is -0.507 e. The first kappa shape index (κ1) is 23.7. The van der Waals surface area contributed by atoms with Crippen LogP contribution in [0.15, 0.2) is 43.0 Å². The molecule has 0 bridgehead atoms. The van der Waals surface area contributed by atoms with Gasteiger partial charge in [-0.2, -0.15) is 5.10 Å². The van der Waals surface area contributed by atoms with E-state index in [4.69, 9.17) is 21.1 Å². The van der Waals surface area contributed by atoms with Crippen LogP contribution in [0.5, 0.6) is 17.2 Å². The molecule has 8 nitrogen and oxygen atoms in total. The number of β-amino-alcohol motifs (C(OH)–C–C–N with tert-alkyl or cyclic N) is 1. The average Bonchev–Trinajstić information content (AvgIpc) is 3.35. The number of hydrogen-bond acceptors (Lipinski definition) is 6. The number of phenolic OH excluding ortho intramolecular Hbond substituents is 1. The quantitative estimate of drug-likeness (QED) is 0.393. The lowest BCUT2D eigenvalue weighted by Gasteiger charge is -2.26. The fraction of sp³-hybridized carbons (Fsp3) is 0.280. The number of nitrogens with zero attached hydrogens (tertiary/aromatic N) is 2. The summed E-state index contributed by atoms with van der Waals surface area (Å²) in [6.45, 7) is 7.99. The van der Waals surface area contributed by atoms with Gasteiger partial charge in [-0.15, -0.1) is 0 Å². The summed E-state index contributed by atoms with van der Waals surface area (Å²) < 4.78 is 11.5. The zero-order valence-corrected chi connectivity index (χ0v) is 19.7. The van der Waals surface area contributed by atoms with Gasteiger partial charge in [0.25, 0.3) is 5.91 Å². The second kappa shape index (κ2) is 9.79. The fourth-order valence-corrected chi connectivity index (χ4v) is 4.34. The van der Waals surface area contributed by atoms with Gasteiger partial charge in [0, 0.05) is 22.7 Å². The second-order valence-electron chi connectivity index (χ2n) is 7.84. The van der Waals surface area contributed by atoms with Crippen molar-refractivity contribution in [3.05, 3.63) is 70.4 Å². The van der Waals surface area contributed by atoms with Crippen LogP contribution in [0.1, 0.15) is 40.1 Å². The molecule has 0 spiro atoms. The van der Waals surface area contributed by atoms with Gasteiger partial charge in [-0.05, 0) is 49.2 Å². The zero-order valence-electron chi connectivity index (χ0n) is 19.0. The van der Waals surface area contributed by atoms with E-state index in [1.807, 2.05) is 19.1 Å². The summed E-state index contributed by atoms with van der Waals surface area (Å²) in [5.41, 5.74) is 3.19. The molecular formula is C25H26ClN3O5. The van der Waals surface area contributed by atoms with Crippen LogP contribution in [0.3, 0.4) is 0 Å². The molecular weight excluding hydrogens is 458 g/mol. The molecule has 34 heavy (non-hydrogen) atoms. The molecule has 178 valence electrons. The highest BCUT2D eigenvalue weighted by molar-refractivity contribution is 6.31. The van der Waals surface area contributed by atoms with Crippen LogP contribution in [0.2, 0.25) is 5.02 Å². The second-order valence-corrected chi connectivity index (χ2v) is 8.25. The van der Waals surface area contributed by atoms with E-state index in [0.29, 0.717) is 52.3 Å². The highest BCUT2D eigenvalue weighted by Crippen LogP contribution is 2.46. The van der Waals surface area contributed by atoms with Crippen molar-refractivity contribution in [2.45, 2.75) is 19.9 Å². The number of rotatable bonds is 9. The van der Waals surface area contributed by atoms with E-state index in [-0.39, 0.29) is 24.8 Å². The van der Waals surface area contributed by atoms with E-state index in [0.717, 1.165) is 11.1 Å². The lowest BCUT2D eigenvalue weighted by molar-refractivity contribution is 0.0706. The van der Waals surface area contributed by atoms with Gasteiger partial charge >= 0.3 is 0 Å². The van der Waals surface area contributed by atoms with E-state index in [1.54, 1.807) is 36.1 Å². The molecule has 3 aromatic rings. The van der Waals surface area contributed by atoms with Crippen LogP contribution < -0.4 is 9.47 Å². The number of halogens is 1. The van der Waals surface area contributed by atoms with Crippen LogP contribution in [0.4, 0.5) is 0 Å². The first-order valence-electron chi connectivity index (χ1n) is 10.9. The average molecular weight is 484 g/mol. The highest BCUT2D eigenvalue weighted by Gasteiger charge is 2.42. The summed E-state index contributed by atoms with van der Waals surface area (Å²) in [6, 6.07) is 8.07. The van der Waals surface area contributed by atoms with Gasteiger partial charge in [0.05, 0.1) is 19.3 Å². The maximum absolute atomic E-state index is 13.2. The van der Waals surface area contributed by atoms with Crippen LogP contribution >= 0.6 is 11.6 Å². The maximum Gasteiger partial charge on any atom is 0.273 e. The Balaban J connectivity index is 1.88. The monoisotopic (exact) mass is 483 g/mol. The summed E-state index contributed by atoms with van der Waals surface area (Å²) in [5, 5.41) is 28.0. The lowest BCUT2D eigenvalue weighted by atomic mass is 9.95. The van der Waals surface area contributed by atoms with Crippen molar-refractivity contribution in [3.8, 4) is 28.5 Å². The highest BCUT2D eigenvalue weighted by atomic mass is 35.5. The van der Waals surface area contributed by atoms with Gasteiger partial charge in [0.15, 0.2) is 11.5 Å². The fourth-order valence-electron chi connectivity index (χ4n) is 4.17. The van der Waals surface area contributed by atoms with E-state index in [9.17, 15) is 15.0 Å². The van der Waals surface area contributed by atoms with E-state index < -0.39 is 6.04 Å². The van der Waals surface area contributed by atoms with Gasteiger partial charge in [0.2, 0.25) is 0 Å². The Kier molecular flexibility index (Phi) is 6.81. The van der Waals surface area contributed by atoms with Crippen molar-refractivity contribution in [3.63, 3.8) is 0 Å². The number of phenols is 1. The number of H-pyrrole nitrogens is 1. The van der Waals surface area contributed by atoms with E-state index >= 15 is 0 Å². The number of aliphatic hydroxyl groups is 1. The number of hydrogen-bond donors (Lipinski definition) is 3. The number of amides is 1. The minimum absolute atomic E-state index is 0.00573. The van der Waals surface area contributed by atoms with Crippen LogP contribution in [-0.2, 0) is 0 Å². The molecule has 1 atom stereocenters. The number of aryl methyl sites for hydroxylation is 1. The molecule has 0 saturated heterocycles. The van der Waals surface area contributed by atoms with Crippen LogP contribution in [-0.4, -0.2) is 57.6 Å². The van der Waals surface area contributed by atoms with Crippen molar-refractivity contribution in [2.75, 3.05) is 26.4 Å². The number of ether oxygens (including phenoxy) is 2. The Labute approximate surface area is 202 Å². The Morgan fingerprint density at radius 3 is 2.76 bits per heavy atom. The number of aliphatic hydroxyl groups excluding tert-OH is 1. The van der Waals surface area contributed by atoms with E-state index in [2.05, 4.69) is 16.8 Å². The number of carbonyl (C=O) groups is 1. The number of carbonyl (C=O) groups excluding carboxylic acids is 1. The first-order valence-corrected chi connectivity index (χ1v) is 11.3. The molecule has 4 rings (SSSR count). The van der Waals surface area contributed by atoms with Crippen molar-refractivity contribution >= 4 is 17.5 Å². The standard InChI is InChI=1S/C25H26ClN3O5/c1-4-10-34-19-7-6-15(12-20(19)33-5-2)24-21-22(16-13-17(26)14(3)11-18(16)31)27-28-23(21)25(32)29(24)8-9-30/h4,6-7,11-13,24,30-31H,1,5,8-10H2,2-3H3,(H,27,28). The van der Waals surface area contributed by atoms with Gasteiger partial charge < -0.3 is 24.6 Å². The molecule has 2 aromatic carbocycles. The number of nitrogens with one attached hydrogen (secondary N) is 1. The van der Waals surface area contributed by atoms with Crippen molar-refractivity contribution in [1.29, 1.82) is 0 Å². The maximum atomic E-state index is 13.2. The molecule has 0 radical (unpaired) electrons. The largest absolute Gasteiger partial charge is 0.507 e. The van der Waals surface area contributed by atoms with Gasteiger partial charge in [-0.1, -0.05) is 30.3 Å². The third-order valence-electron chi connectivity index (χ3n) is 5.68. The van der Waals surface area contributed by atoms with Crippen molar-refractivity contribution in [1.82, 2.24) is 15.1 Å². The lowest BCUT2D eigenvalue weighted by Crippen LogP contribution is -2.32. The summed E-state index contributed by atoms with van der Waals surface area (Å²) >= 11 is 6.33. The minimum atomic E-state index is -0.574. The van der Waals surface area contributed by atoms with Crippen molar-refractivity contribution in [2.24, 2.45) is 0 Å². The van der Waals surface area contributed by atoms with Gasteiger partial charge in [-0.3, -0.25) is 9.89 Å².